The Bertz CT molecular complexity index is 1380. The van der Waals surface area contributed by atoms with Crippen LogP contribution in [0.2, 0.25) is 0 Å². The number of ether oxygens (including phenoxy) is 2. The van der Waals surface area contributed by atoms with E-state index in [1.807, 2.05) is 13.8 Å². The molecule has 1 aromatic heterocycles. The van der Waals surface area contributed by atoms with Crippen LogP contribution in [0.25, 0.3) is 0 Å². The van der Waals surface area contributed by atoms with Crippen LogP contribution in [-0.2, 0) is 14.8 Å². The van der Waals surface area contributed by atoms with Gasteiger partial charge in [-0.1, -0.05) is 32.3 Å². The van der Waals surface area contributed by atoms with Gasteiger partial charge in [-0.05, 0) is 75.6 Å². The number of likely N-dealkylation sites (N-methyl/N-ethyl adjacent to an activating group) is 1. The number of fused-ring (bicyclic) bond motifs is 1. The zero-order valence-electron chi connectivity index (χ0n) is 27.4. The van der Waals surface area contributed by atoms with Gasteiger partial charge in [-0.3, -0.25) is 4.79 Å². The Morgan fingerprint density at radius 2 is 1.87 bits per heavy atom. The van der Waals surface area contributed by atoms with Crippen molar-refractivity contribution < 1.29 is 32.6 Å². The Balaban J connectivity index is 1.60. The monoisotopic (exact) mass is 678 g/mol. The molecular formula is C33H50N4O7S2. The maximum atomic E-state index is 14.3. The van der Waals surface area contributed by atoms with Gasteiger partial charge in [0.05, 0.1) is 30.4 Å². The molecule has 4 atom stereocenters. The smallest absolute Gasteiger partial charge is 0.319 e. The van der Waals surface area contributed by atoms with Gasteiger partial charge in [0, 0.05) is 44.4 Å². The Labute approximate surface area is 277 Å². The molecule has 1 saturated carbocycles. The van der Waals surface area contributed by atoms with Crippen LogP contribution in [0.5, 0.6) is 5.75 Å². The molecule has 256 valence electrons. The van der Waals surface area contributed by atoms with E-state index in [2.05, 4.69) is 10.6 Å². The van der Waals surface area contributed by atoms with Crippen LogP contribution in [-0.4, -0.2) is 92.3 Å². The minimum Gasteiger partial charge on any atom is -0.490 e. The number of thiophene rings is 1. The SMILES string of the molecule is C[C@H]1CCCCO[C@@H](CN(C)S(=O)(=O)c2cccs2)[C@@H](C)CN([C@@H](C)CO)C(=O)c2cc(NC(=O)NC3CCCCC3)ccc2O1. The van der Waals surface area contributed by atoms with Crippen LogP contribution < -0.4 is 15.4 Å². The molecule has 4 rings (SSSR count). The third-order valence-corrected chi connectivity index (χ3v) is 12.0. The maximum Gasteiger partial charge on any atom is 0.319 e. The largest absolute Gasteiger partial charge is 0.490 e. The van der Waals surface area contributed by atoms with E-state index in [0.717, 1.165) is 44.9 Å². The third-order valence-electron chi connectivity index (χ3n) is 8.85. The highest BCUT2D eigenvalue weighted by Crippen LogP contribution is 2.29. The lowest BCUT2D eigenvalue weighted by atomic mass is 9.96. The van der Waals surface area contributed by atoms with Crippen molar-refractivity contribution >= 4 is 39.0 Å². The number of carbonyl (C=O) groups excluding carboxylic acids is 2. The van der Waals surface area contributed by atoms with E-state index in [0.29, 0.717) is 18.0 Å². The van der Waals surface area contributed by atoms with E-state index in [1.165, 1.54) is 22.1 Å². The molecule has 0 spiro atoms. The summed E-state index contributed by atoms with van der Waals surface area (Å²) in [5.41, 5.74) is 0.741. The summed E-state index contributed by atoms with van der Waals surface area (Å²) in [6, 6.07) is 7.64. The summed E-state index contributed by atoms with van der Waals surface area (Å²) in [4.78, 5) is 28.8. The van der Waals surface area contributed by atoms with E-state index < -0.39 is 22.2 Å². The van der Waals surface area contributed by atoms with Gasteiger partial charge in [-0.2, -0.15) is 4.31 Å². The van der Waals surface area contributed by atoms with Crippen LogP contribution in [0.3, 0.4) is 0 Å². The number of carbonyl (C=O) groups is 2. The van der Waals surface area contributed by atoms with Gasteiger partial charge in [0.2, 0.25) is 0 Å². The lowest BCUT2D eigenvalue weighted by Gasteiger charge is -2.35. The average Bonchev–Trinajstić information content (AvgIpc) is 3.59. The molecule has 11 nitrogen and oxygen atoms in total. The number of benzene rings is 1. The van der Waals surface area contributed by atoms with Crippen molar-refractivity contribution in [1.29, 1.82) is 0 Å². The van der Waals surface area contributed by atoms with Crippen molar-refractivity contribution in [2.45, 2.75) is 101 Å². The standard InChI is InChI=1S/C33H50N4O7S2/c1-23-20-37(24(2)22-38)32(39)28-19-27(35-33(40)34-26-12-6-5-7-13-26)15-16-29(28)44-25(3)11-8-9-17-43-30(23)21-36(4)46(41,42)31-14-10-18-45-31/h10,14-16,18-19,23-26,30,38H,5-9,11-13,17,20-22H2,1-4H3,(H2,34,35,40)/t23-,24-,25-,30-/m0/s1. The molecule has 2 heterocycles. The molecule has 0 saturated heterocycles. The molecule has 0 radical (unpaired) electrons. The van der Waals surface area contributed by atoms with Gasteiger partial charge in [0.15, 0.2) is 0 Å². The minimum atomic E-state index is -3.70. The van der Waals surface area contributed by atoms with Gasteiger partial charge in [-0.25, -0.2) is 13.2 Å². The van der Waals surface area contributed by atoms with E-state index in [-0.39, 0.29) is 59.5 Å². The first-order chi connectivity index (χ1) is 22.0. The summed E-state index contributed by atoms with van der Waals surface area (Å²) in [5.74, 6) is -0.236. The van der Waals surface area contributed by atoms with E-state index in [9.17, 15) is 23.1 Å². The molecule has 1 aliphatic carbocycles. The summed E-state index contributed by atoms with van der Waals surface area (Å²) in [6.45, 7) is 6.12. The summed E-state index contributed by atoms with van der Waals surface area (Å²) in [7, 11) is -2.16. The van der Waals surface area contributed by atoms with Crippen LogP contribution in [0.1, 0.15) is 82.5 Å². The second-order valence-electron chi connectivity index (χ2n) is 12.7. The summed E-state index contributed by atoms with van der Waals surface area (Å²) < 4.78 is 40.6. The first-order valence-electron chi connectivity index (χ1n) is 16.4. The van der Waals surface area contributed by atoms with Gasteiger partial charge < -0.3 is 30.1 Å². The number of amides is 3. The molecule has 0 bridgehead atoms. The van der Waals surface area contributed by atoms with Crippen molar-refractivity contribution in [3.8, 4) is 5.75 Å². The first kappa shape index (κ1) is 36.1. The Morgan fingerprint density at radius 3 is 2.57 bits per heavy atom. The Morgan fingerprint density at radius 1 is 1.13 bits per heavy atom. The van der Waals surface area contributed by atoms with Crippen LogP contribution >= 0.6 is 11.3 Å². The summed E-state index contributed by atoms with van der Waals surface area (Å²) in [5, 5.41) is 17.9. The summed E-state index contributed by atoms with van der Waals surface area (Å²) >= 11 is 1.17. The van der Waals surface area contributed by atoms with Crippen LogP contribution in [0, 0.1) is 5.92 Å². The zero-order chi connectivity index (χ0) is 33.3. The third kappa shape index (κ3) is 9.66. The molecule has 1 fully saturated rings. The molecule has 3 amide bonds. The fraction of sp³-hybridized carbons (Fsp3) is 0.636. The number of nitrogens with zero attached hydrogens (tertiary/aromatic N) is 2. The lowest BCUT2D eigenvalue weighted by Crippen LogP contribution is -2.48. The molecule has 1 aliphatic heterocycles. The van der Waals surface area contributed by atoms with Crippen LogP contribution in [0.4, 0.5) is 10.5 Å². The molecule has 2 aromatic rings. The second-order valence-corrected chi connectivity index (χ2v) is 15.9. The molecule has 0 unspecified atom stereocenters. The fourth-order valence-corrected chi connectivity index (χ4v) is 8.36. The first-order valence-corrected chi connectivity index (χ1v) is 18.7. The number of aliphatic hydroxyl groups excluding tert-OH is 1. The average molecular weight is 679 g/mol. The minimum absolute atomic E-state index is 0.108. The van der Waals surface area contributed by atoms with E-state index >= 15 is 0 Å². The molecule has 3 N–H and O–H groups in total. The maximum absolute atomic E-state index is 14.3. The zero-order valence-corrected chi connectivity index (χ0v) is 29.1. The Kier molecular flexibility index (Phi) is 13.3. The van der Waals surface area contributed by atoms with Crippen molar-refractivity contribution in [1.82, 2.24) is 14.5 Å². The predicted octanol–water partition coefficient (Wildman–Crippen LogP) is 5.32. The molecular weight excluding hydrogens is 629 g/mol. The van der Waals surface area contributed by atoms with Gasteiger partial charge >= 0.3 is 6.03 Å². The van der Waals surface area contributed by atoms with Gasteiger partial charge in [-0.15, -0.1) is 11.3 Å². The highest BCUT2D eigenvalue weighted by Gasteiger charge is 2.32. The predicted molar refractivity (Wildman–Crippen MR) is 180 cm³/mol. The number of anilines is 1. The normalized spacial score (nSPS) is 23.2. The number of aliphatic hydroxyl groups is 1. The Hall–Kier alpha value is -2.71. The van der Waals surface area contributed by atoms with E-state index in [4.69, 9.17) is 9.47 Å². The lowest BCUT2D eigenvalue weighted by molar-refractivity contribution is -0.00832. The number of rotatable bonds is 8. The fourth-order valence-electron chi connectivity index (χ4n) is 5.98. The highest BCUT2D eigenvalue weighted by molar-refractivity contribution is 7.91. The highest BCUT2D eigenvalue weighted by atomic mass is 32.2. The number of nitrogens with one attached hydrogen (secondary N) is 2. The van der Waals surface area contributed by atoms with E-state index in [1.54, 1.807) is 54.6 Å². The van der Waals surface area contributed by atoms with Crippen LogP contribution in [0.15, 0.2) is 39.9 Å². The van der Waals surface area contributed by atoms with Gasteiger partial charge in [0.25, 0.3) is 15.9 Å². The summed E-state index contributed by atoms with van der Waals surface area (Å²) in [6.07, 6.45) is 6.90. The number of hydrogen-bond acceptors (Lipinski definition) is 8. The van der Waals surface area contributed by atoms with Crippen molar-refractivity contribution in [2.24, 2.45) is 5.92 Å². The molecule has 1 aromatic carbocycles. The molecule has 2 aliphatic rings. The molecule has 46 heavy (non-hydrogen) atoms. The number of urea groups is 1. The number of hydrogen-bond donors (Lipinski definition) is 3. The van der Waals surface area contributed by atoms with Gasteiger partial charge in [0.1, 0.15) is 9.96 Å². The van der Waals surface area contributed by atoms with Crippen molar-refractivity contribution in [3.05, 3.63) is 41.3 Å². The quantitative estimate of drug-likeness (QED) is 0.344. The second kappa shape index (κ2) is 16.9. The number of sulfonamides is 1. The topological polar surface area (TPSA) is 138 Å². The molecule has 13 heteroatoms. The van der Waals surface area contributed by atoms with Crippen molar-refractivity contribution in [2.75, 3.05) is 38.7 Å². The van der Waals surface area contributed by atoms with Crippen molar-refractivity contribution in [3.63, 3.8) is 0 Å².